The van der Waals surface area contributed by atoms with Gasteiger partial charge in [0.1, 0.15) is 5.57 Å². The first kappa shape index (κ1) is 19.5. The van der Waals surface area contributed by atoms with Crippen LogP contribution >= 0.6 is 12.2 Å². The topological polar surface area (TPSA) is 52.7 Å². The fourth-order valence-electron chi connectivity index (χ4n) is 4.31. The number of nitrogens with zero attached hydrogens (tertiary/aromatic N) is 2. The summed E-state index contributed by atoms with van der Waals surface area (Å²) in [7, 11) is 1.57. The van der Waals surface area contributed by atoms with Gasteiger partial charge in [0.15, 0.2) is 5.11 Å². The molecule has 2 amide bonds. The van der Waals surface area contributed by atoms with E-state index < -0.39 is 5.91 Å². The van der Waals surface area contributed by atoms with Crippen molar-refractivity contribution in [1.82, 2.24) is 10.2 Å². The molecule has 1 aromatic rings. The molecule has 1 saturated heterocycles. The summed E-state index contributed by atoms with van der Waals surface area (Å²) in [4.78, 5) is 28.5. The van der Waals surface area contributed by atoms with Crippen LogP contribution in [0.2, 0.25) is 0 Å². The molecule has 1 atom stereocenters. The van der Waals surface area contributed by atoms with Crippen molar-refractivity contribution in [1.29, 1.82) is 0 Å². The van der Waals surface area contributed by atoms with Gasteiger partial charge in [0.25, 0.3) is 11.8 Å². The molecule has 0 aliphatic carbocycles. The number of aryl methyl sites for hydroxylation is 1. The van der Waals surface area contributed by atoms with Crippen LogP contribution in [0, 0.1) is 6.92 Å². The number of nitrogens with one attached hydrogen (secondary N) is 1. The summed E-state index contributed by atoms with van der Waals surface area (Å²) in [5.74, 6) is -0.406. The summed E-state index contributed by atoms with van der Waals surface area (Å²) < 4.78 is 0. The van der Waals surface area contributed by atoms with Crippen LogP contribution in [0.4, 0.5) is 5.69 Å². The molecule has 0 saturated carbocycles. The lowest BCUT2D eigenvalue weighted by Crippen LogP contribution is -2.52. The summed E-state index contributed by atoms with van der Waals surface area (Å²) >= 11 is 5.01. The van der Waals surface area contributed by atoms with E-state index in [1.165, 1.54) is 16.2 Å². The van der Waals surface area contributed by atoms with Gasteiger partial charge in [-0.15, -0.1) is 0 Å². The van der Waals surface area contributed by atoms with Gasteiger partial charge in [-0.3, -0.25) is 19.8 Å². The molecule has 144 valence electrons. The van der Waals surface area contributed by atoms with E-state index in [9.17, 15) is 9.59 Å². The highest BCUT2D eigenvalue weighted by molar-refractivity contribution is 7.80. The monoisotopic (exact) mass is 385 g/mol. The van der Waals surface area contributed by atoms with Crippen LogP contribution in [0.25, 0.3) is 6.08 Å². The number of amides is 2. The zero-order valence-electron chi connectivity index (χ0n) is 16.8. The number of anilines is 1. The lowest BCUT2D eigenvalue weighted by Gasteiger charge is -2.47. The minimum Gasteiger partial charge on any atom is -0.366 e. The van der Waals surface area contributed by atoms with Crippen molar-refractivity contribution in [2.24, 2.45) is 0 Å². The molecule has 0 aromatic heterocycles. The Labute approximate surface area is 166 Å². The fraction of sp³-hybridized carbons (Fsp3) is 0.476. The highest BCUT2D eigenvalue weighted by Gasteiger charge is 2.36. The van der Waals surface area contributed by atoms with Crippen LogP contribution in [-0.4, -0.2) is 41.0 Å². The number of likely N-dealkylation sites (N-methyl/N-ethyl adjacent to an activating group) is 1. The largest absolute Gasteiger partial charge is 0.366 e. The molecule has 3 rings (SSSR count). The molecule has 2 aliphatic heterocycles. The van der Waals surface area contributed by atoms with Crippen LogP contribution in [0.15, 0.2) is 17.7 Å². The van der Waals surface area contributed by atoms with Gasteiger partial charge in [-0.05, 0) is 87.2 Å². The maximum Gasteiger partial charge on any atom is 0.265 e. The number of hydrogen-bond donors (Lipinski definition) is 1. The summed E-state index contributed by atoms with van der Waals surface area (Å²) in [5.41, 5.74) is 4.67. The number of carbonyl (C=O) groups is 2. The SMILES string of the molecule is CCN1c2cc(C)c(/C=C3\C(=O)NC(=S)N(C)C3=O)cc2[C@@H](C)CC1(C)C. The fourth-order valence-corrected chi connectivity index (χ4v) is 4.48. The van der Waals surface area contributed by atoms with E-state index in [0.717, 1.165) is 24.1 Å². The number of thiocarbonyl (C=S) groups is 1. The van der Waals surface area contributed by atoms with Gasteiger partial charge >= 0.3 is 0 Å². The van der Waals surface area contributed by atoms with Gasteiger partial charge in [0.05, 0.1) is 0 Å². The standard InChI is InChI=1S/C21H27N3O2S/c1-7-24-17-8-12(2)14(9-15(17)13(3)11-21(24,4)5)10-16-18(25)22-20(27)23(6)19(16)26/h8-10,13H,7,11H2,1-6H3,(H,22,25,27)/b16-10+/t13-/m0/s1. The number of hydrogen-bond acceptors (Lipinski definition) is 4. The van der Waals surface area contributed by atoms with Crippen LogP contribution < -0.4 is 10.2 Å². The van der Waals surface area contributed by atoms with Crippen molar-refractivity contribution in [3.8, 4) is 0 Å². The Bertz CT molecular complexity index is 872. The summed E-state index contributed by atoms with van der Waals surface area (Å²) in [5, 5.41) is 2.71. The van der Waals surface area contributed by atoms with Crippen molar-refractivity contribution < 1.29 is 9.59 Å². The first-order valence-corrected chi connectivity index (χ1v) is 9.75. The normalized spacial score (nSPS) is 23.6. The highest BCUT2D eigenvalue weighted by atomic mass is 32.1. The smallest absolute Gasteiger partial charge is 0.265 e. The average molecular weight is 386 g/mol. The van der Waals surface area contributed by atoms with Gasteiger partial charge in [-0.25, -0.2) is 0 Å². The third-order valence-corrected chi connectivity index (χ3v) is 6.07. The van der Waals surface area contributed by atoms with E-state index in [-0.39, 0.29) is 22.1 Å². The lowest BCUT2D eigenvalue weighted by atomic mass is 9.79. The minimum absolute atomic E-state index is 0.102. The van der Waals surface area contributed by atoms with E-state index in [0.29, 0.717) is 5.92 Å². The molecule has 0 unspecified atom stereocenters. The Morgan fingerprint density at radius 1 is 1.33 bits per heavy atom. The van der Waals surface area contributed by atoms with Crippen molar-refractivity contribution in [3.05, 3.63) is 34.4 Å². The van der Waals surface area contributed by atoms with Crippen molar-refractivity contribution in [3.63, 3.8) is 0 Å². The predicted molar refractivity (Wildman–Crippen MR) is 113 cm³/mol. The average Bonchev–Trinajstić information content (AvgIpc) is 2.57. The molecule has 0 radical (unpaired) electrons. The maximum absolute atomic E-state index is 12.5. The third-order valence-electron chi connectivity index (χ3n) is 5.69. The van der Waals surface area contributed by atoms with Gasteiger partial charge in [0.2, 0.25) is 0 Å². The maximum atomic E-state index is 12.5. The molecule has 0 bridgehead atoms. The predicted octanol–water partition coefficient (Wildman–Crippen LogP) is 3.36. The highest BCUT2D eigenvalue weighted by Crippen LogP contribution is 2.44. The molecule has 5 nitrogen and oxygen atoms in total. The third kappa shape index (κ3) is 3.27. The summed E-state index contributed by atoms with van der Waals surface area (Å²) in [6.07, 6.45) is 2.75. The Morgan fingerprint density at radius 2 is 2.00 bits per heavy atom. The second kappa shape index (κ2) is 6.75. The summed E-state index contributed by atoms with van der Waals surface area (Å²) in [6, 6.07) is 4.32. The van der Waals surface area contributed by atoms with Crippen molar-refractivity contribution >= 4 is 40.9 Å². The number of fused-ring (bicyclic) bond motifs is 1. The van der Waals surface area contributed by atoms with E-state index in [1.807, 2.05) is 6.92 Å². The second-order valence-corrected chi connectivity index (χ2v) is 8.50. The minimum atomic E-state index is -0.440. The Balaban J connectivity index is 2.10. The van der Waals surface area contributed by atoms with Crippen LogP contribution in [0.5, 0.6) is 0 Å². The number of carbonyl (C=O) groups excluding carboxylic acids is 2. The Kier molecular flexibility index (Phi) is 4.89. The van der Waals surface area contributed by atoms with Gasteiger partial charge in [-0.1, -0.05) is 6.92 Å². The first-order chi connectivity index (χ1) is 12.6. The van der Waals surface area contributed by atoms with Gasteiger partial charge < -0.3 is 4.90 Å². The zero-order valence-corrected chi connectivity index (χ0v) is 17.7. The number of rotatable bonds is 2. The molecule has 1 N–H and O–H groups in total. The molecular formula is C21H27N3O2S. The molecule has 2 heterocycles. The van der Waals surface area contributed by atoms with Crippen LogP contribution in [0.1, 0.15) is 56.7 Å². The first-order valence-electron chi connectivity index (χ1n) is 9.34. The number of benzene rings is 1. The van der Waals surface area contributed by atoms with E-state index >= 15 is 0 Å². The van der Waals surface area contributed by atoms with Crippen molar-refractivity contribution in [2.75, 3.05) is 18.5 Å². The molecule has 27 heavy (non-hydrogen) atoms. The zero-order chi connectivity index (χ0) is 20.1. The lowest BCUT2D eigenvalue weighted by molar-refractivity contribution is -0.128. The quantitative estimate of drug-likeness (QED) is 0.482. The molecule has 1 aromatic carbocycles. The molecule has 1 fully saturated rings. The van der Waals surface area contributed by atoms with Crippen molar-refractivity contribution in [2.45, 2.75) is 52.5 Å². The van der Waals surface area contributed by atoms with E-state index in [4.69, 9.17) is 12.2 Å². The van der Waals surface area contributed by atoms with Gasteiger partial charge in [0, 0.05) is 24.8 Å². The van der Waals surface area contributed by atoms with Crippen LogP contribution in [0.3, 0.4) is 0 Å². The molecule has 0 spiro atoms. The van der Waals surface area contributed by atoms with E-state index in [1.54, 1.807) is 13.1 Å². The van der Waals surface area contributed by atoms with Crippen LogP contribution in [-0.2, 0) is 9.59 Å². The Hall–Kier alpha value is -2.21. The Morgan fingerprint density at radius 3 is 2.63 bits per heavy atom. The second-order valence-electron chi connectivity index (χ2n) is 8.11. The van der Waals surface area contributed by atoms with E-state index in [2.05, 4.69) is 50.0 Å². The molecule has 6 heteroatoms. The molecule has 2 aliphatic rings. The van der Waals surface area contributed by atoms with Gasteiger partial charge in [-0.2, -0.15) is 0 Å². The summed E-state index contributed by atoms with van der Waals surface area (Å²) in [6.45, 7) is 11.9. The molecular weight excluding hydrogens is 358 g/mol.